The molecule has 42 heavy (non-hydrogen) atoms. The molecular weight excluding hydrogens is 512 g/mol. The molecule has 0 amide bonds. The highest BCUT2D eigenvalue weighted by atomic mass is 15.0. The highest BCUT2D eigenvalue weighted by molar-refractivity contribution is 6.16. The van der Waals surface area contributed by atoms with Crippen molar-refractivity contribution in [3.05, 3.63) is 145 Å². The van der Waals surface area contributed by atoms with Crippen LogP contribution in [0.15, 0.2) is 133 Å². The number of aromatic nitrogens is 2. The van der Waals surface area contributed by atoms with Crippen LogP contribution < -0.4 is 0 Å². The van der Waals surface area contributed by atoms with Crippen LogP contribution in [-0.4, -0.2) is 9.13 Å². The number of hydrogen-bond acceptors (Lipinski definition) is 2. The summed E-state index contributed by atoms with van der Waals surface area (Å²) in [5.74, 6) is 0. The van der Waals surface area contributed by atoms with E-state index in [1.165, 1.54) is 10.8 Å². The van der Waals surface area contributed by atoms with E-state index in [1.54, 1.807) is 6.07 Å². The molecule has 4 heteroatoms. The summed E-state index contributed by atoms with van der Waals surface area (Å²) in [6.45, 7) is 0. The average molecular weight is 535 g/mol. The summed E-state index contributed by atoms with van der Waals surface area (Å²) < 4.78 is 4.61. The lowest BCUT2D eigenvalue weighted by Gasteiger charge is -2.15. The second kappa shape index (κ2) is 9.24. The number of fused-ring (bicyclic) bond motifs is 6. The van der Waals surface area contributed by atoms with E-state index in [0.29, 0.717) is 11.1 Å². The molecule has 0 aliphatic carbocycles. The van der Waals surface area contributed by atoms with Crippen LogP contribution >= 0.6 is 0 Å². The molecule has 0 bridgehead atoms. The third-order valence-electron chi connectivity index (χ3n) is 8.11. The summed E-state index contributed by atoms with van der Waals surface area (Å²) in [5.41, 5.74) is 9.15. The Morgan fingerprint density at radius 3 is 1.50 bits per heavy atom. The van der Waals surface area contributed by atoms with E-state index in [9.17, 15) is 10.5 Å². The monoisotopic (exact) mass is 534 g/mol. The van der Waals surface area contributed by atoms with Crippen LogP contribution in [0.5, 0.6) is 0 Å². The van der Waals surface area contributed by atoms with Crippen molar-refractivity contribution in [1.82, 2.24) is 9.13 Å². The molecule has 0 saturated carbocycles. The van der Waals surface area contributed by atoms with Gasteiger partial charge in [-0.15, -0.1) is 0 Å². The molecular formula is C38H22N4. The van der Waals surface area contributed by atoms with Crippen LogP contribution in [-0.2, 0) is 0 Å². The lowest BCUT2D eigenvalue weighted by Crippen LogP contribution is -1.99. The van der Waals surface area contributed by atoms with Gasteiger partial charge in [-0.1, -0.05) is 72.8 Å². The fourth-order valence-corrected chi connectivity index (χ4v) is 6.39. The van der Waals surface area contributed by atoms with E-state index >= 15 is 0 Å². The first kappa shape index (κ1) is 23.8. The minimum atomic E-state index is 0.460. The van der Waals surface area contributed by atoms with Gasteiger partial charge in [0.1, 0.15) is 0 Å². The molecule has 0 spiro atoms. The summed E-state index contributed by atoms with van der Waals surface area (Å²) in [6, 6.07) is 50.2. The fraction of sp³-hybridized carbons (Fsp3) is 0. The van der Waals surface area contributed by atoms with Crippen molar-refractivity contribution in [2.45, 2.75) is 0 Å². The first-order chi connectivity index (χ1) is 20.7. The molecule has 6 aromatic carbocycles. The standard InChI is InChI=1S/C38H22N4/c39-23-25-18-26(24-40)20-27(19-25)33-21-29(41-35-15-7-4-12-30(35)31-13-5-8-16-36(31)41)22-34-32-14-6-9-17-37(32)42(38(33)34)28-10-2-1-3-11-28/h1-22H. The quantitative estimate of drug-likeness (QED) is 0.227. The van der Waals surface area contributed by atoms with Gasteiger partial charge in [-0.2, -0.15) is 10.5 Å². The molecule has 2 heterocycles. The van der Waals surface area contributed by atoms with Gasteiger partial charge in [-0.05, 0) is 66.2 Å². The van der Waals surface area contributed by atoms with Crippen LogP contribution in [0.4, 0.5) is 0 Å². The minimum Gasteiger partial charge on any atom is -0.309 e. The molecule has 0 unspecified atom stereocenters. The van der Waals surface area contributed by atoms with Crippen LogP contribution in [0.25, 0.3) is 66.1 Å². The predicted molar refractivity (Wildman–Crippen MR) is 170 cm³/mol. The topological polar surface area (TPSA) is 57.4 Å². The molecule has 0 fully saturated rings. The lowest BCUT2D eigenvalue weighted by molar-refractivity contribution is 1.17. The molecule has 0 N–H and O–H groups in total. The van der Waals surface area contributed by atoms with Crippen molar-refractivity contribution < 1.29 is 0 Å². The van der Waals surface area contributed by atoms with Gasteiger partial charge in [0, 0.05) is 38.5 Å². The largest absolute Gasteiger partial charge is 0.309 e. The van der Waals surface area contributed by atoms with Gasteiger partial charge < -0.3 is 9.13 Å². The summed E-state index contributed by atoms with van der Waals surface area (Å²) in [7, 11) is 0. The van der Waals surface area contributed by atoms with Crippen molar-refractivity contribution in [2.75, 3.05) is 0 Å². The Bertz CT molecular complexity index is 2340. The zero-order valence-corrected chi connectivity index (χ0v) is 22.5. The van der Waals surface area contributed by atoms with Gasteiger partial charge in [0.05, 0.1) is 45.3 Å². The first-order valence-corrected chi connectivity index (χ1v) is 13.8. The Morgan fingerprint density at radius 1 is 0.429 bits per heavy atom. The van der Waals surface area contributed by atoms with Gasteiger partial charge in [-0.3, -0.25) is 0 Å². The second-order valence-corrected chi connectivity index (χ2v) is 10.5. The maximum absolute atomic E-state index is 9.86. The number of para-hydroxylation sites is 4. The maximum atomic E-state index is 9.86. The Kier molecular flexibility index (Phi) is 5.22. The summed E-state index contributed by atoms with van der Waals surface area (Å²) >= 11 is 0. The normalized spacial score (nSPS) is 11.3. The van der Waals surface area contributed by atoms with E-state index in [1.807, 2.05) is 30.3 Å². The fourth-order valence-electron chi connectivity index (χ4n) is 6.39. The minimum absolute atomic E-state index is 0.460. The van der Waals surface area contributed by atoms with Gasteiger partial charge in [0.2, 0.25) is 0 Å². The van der Waals surface area contributed by atoms with Gasteiger partial charge in [-0.25, -0.2) is 0 Å². The second-order valence-electron chi connectivity index (χ2n) is 10.5. The number of nitriles is 2. The first-order valence-electron chi connectivity index (χ1n) is 13.8. The van der Waals surface area contributed by atoms with Crippen molar-refractivity contribution in [1.29, 1.82) is 10.5 Å². The van der Waals surface area contributed by atoms with Crippen molar-refractivity contribution in [3.8, 4) is 34.6 Å². The zero-order valence-electron chi connectivity index (χ0n) is 22.5. The zero-order chi connectivity index (χ0) is 28.2. The van der Waals surface area contributed by atoms with Crippen molar-refractivity contribution in [2.24, 2.45) is 0 Å². The molecule has 194 valence electrons. The van der Waals surface area contributed by atoms with E-state index < -0.39 is 0 Å². The molecule has 0 aliphatic heterocycles. The number of rotatable bonds is 3. The highest BCUT2D eigenvalue weighted by Crippen LogP contribution is 2.42. The van der Waals surface area contributed by atoms with Crippen molar-refractivity contribution in [3.63, 3.8) is 0 Å². The van der Waals surface area contributed by atoms with Gasteiger partial charge >= 0.3 is 0 Å². The Labute approximate surface area is 242 Å². The summed E-state index contributed by atoms with van der Waals surface area (Å²) in [5, 5.41) is 24.4. The smallest absolute Gasteiger partial charge is 0.0992 e. The number of benzene rings is 6. The molecule has 0 radical (unpaired) electrons. The Hall–Kier alpha value is -6.10. The van der Waals surface area contributed by atoms with Crippen molar-refractivity contribution >= 4 is 43.6 Å². The van der Waals surface area contributed by atoms with Gasteiger partial charge in [0.25, 0.3) is 0 Å². The maximum Gasteiger partial charge on any atom is 0.0992 e. The molecule has 8 rings (SSSR count). The van der Waals surface area contributed by atoms with Crippen LogP contribution in [0.2, 0.25) is 0 Å². The van der Waals surface area contributed by atoms with Crippen LogP contribution in [0.1, 0.15) is 11.1 Å². The van der Waals surface area contributed by atoms with Crippen LogP contribution in [0.3, 0.4) is 0 Å². The molecule has 2 aromatic heterocycles. The number of hydrogen-bond donors (Lipinski definition) is 0. The average Bonchev–Trinajstić information content (AvgIpc) is 3.57. The Morgan fingerprint density at radius 2 is 0.929 bits per heavy atom. The van der Waals surface area contributed by atoms with E-state index in [0.717, 1.165) is 55.3 Å². The number of nitrogens with zero attached hydrogens (tertiary/aromatic N) is 4. The predicted octanol–water partition coefficient (Wildman–Crippen LogP) is 9.29. The van der Waals surface area contributed by atoms with Crippen LogP contribution in [0, 0.1) is 22.7 Å². The van der Waals surface area contributed by atoms with E-state index in [2.05, 4.69) is 118 Å². The third kappa shape index (κ3) is 3.47. The summed E-state index contributed by atoms with van der Waals surface area (Å²) in [6.07, 6.45) is 0. The lowest BCUT2D eigenvalue weighted by atomic mass is 9.97. The molecule has 0 atom stereocenters. The third-order valence-corrected chi connectivity index (χ3v) is 8.11. The molecule has 8 aromatic rings. The summed E-state index contributed by atoms with van der Waals surface area (Å²) in [4.78, 5) is 0. The molecule has 0 aliphatic rings. The van der Waals surface area contributed by atoms with E-state index in [4.69, 9.17) is 0 Å². The van der Waals surface area contributed by atoms with E-state index in [-0.39, 0.29) is 0 Å². The molecule has 0 saturated heterocycles. The highest BCUT2D eigenvalue weighted by Gasteiger charge is 2.20. The molecule has 4 nitrogen and oxygen atoms in total. The SMILES string of the molecule is N#Cc1cc(C#N)cc(-c2cc(-n3c4ccccc4c4ccccc43)cc3c4ccccc4n(-c4ccccc4)c23)c1. The van der Waals surface area contributed by atoms with Gasteiger partial charge in [0.15, 0.2) is 0 Å². The Balaban J connectivity index is 1.59.